The molecule has 4 nitrogen and oxygen atoms in total. The first-order chi connectivity index (χ1) is 8.65. The average Bonchev–Trinajstić information content (AvgIpc) is 2.84. The number of hydrogen-bond acceptors (Lipinski definition) is 2. The van der Waals surface area contributed by atoms with Crippen molar-refractivity contribution in [2.75, 3.05) is 5.32 Å². The van der Waals surface area contributed by atoms with E-state index in [1.165, 1.54) is 0 Å². The minimum atomic E-state index is -0.0383. The topological polar surface area (TPSA) is 46.9 Å². The Bertz CT molecular complexity index is 537. The van der Waals surface area contributed by atoms with Gasteiger partial charge in [-0.25, -0.2) is 4.98 Å². The van der Waals surface area contributed by atoms with Gasteiger partial charge in [-0.3, -0.25) is 4.79 Å². The number of halogens is 1. The van der Waals surface area contributed by atoms with Gasteiger partial charge in [-0.15, -0.1) is 0 Å². The molecular weight excluding hydrogens is 250 g/mol. The van der Waals surface area contributed by atoms with E-state index in [1.54, 1.807) is 18.6 Å². The molecule has 0 unspecified atom stereocenters. The van der Waals surface area contributed by atoms with Gasteiger partial charge in [-0.2, -0.15) is 0 Å². The molecule has 1 aromatic heterocycles. The zero-order valence-electron chi connectivity index (χ0n) is 10.1. The van der Waals surface area contributed by atoms with Crippen molar-refractivity contribution < 1.29 is 4.79 Å². The summed E-state index contributed by atoms with van der Waals surface area (Å²) >= 11 is 5.99. The Morgan fingerprint density at radius 3 is 3.00 bits per heavy atom. The SMILES string of the molecule is Cc1ccc(NC(=O)CCn2ccnc2)cc1Cl. The van der Waals surface area contributed by atoms with Gasteiger partial charge in [0.05, 0.1) is 6.33 Å². The van der Waals surface area contributed by atoms with Crippen LogP contribution in [0.25, 0.3) is 0 Å². The molecular formula is C13H14ClN3O. The molecule has 94 valence electrons. The molecule has 0 fully saturated rings. The molecule has 0 aliphatic rings. The predicted molar refractivity (Wildman–Crippen MR) is 71.7 cm³/mol. The number of hydrogen-bond donors (Lipinski definition) is 1. The third-order valence-electron chi connectivity index (χ3n) is 2.61. The van der Waals surface area contributed by atoms with E-state index in [0.717, 1.165) is 11.3 Å². The maximum atomic E-state index is 11.7. The lowest BCUT2D eigenvalue weighted by molar-refractivity contribution is -0.116. The second-order valence-electron chi connectivity index (χ2n) is 4.06. The van der Waals surface area contributed by atoms with Crippen LogP contribution < -0.4 is 5.32 Å². The molecule has 18 heavy (non-hydrogen) atoms. The number of carbonyl (C=O) groups excluding carboxylic acids is 1. The first-order valence-electron chi connectivity index (χ1n) is 5.67. The second-order valence-corrected chi connectivity index (χ2v) is 4.47. The molecule has 1 heterocycles. The number of nitrogens with zero attached hydrogens (tertiary/aromatic N) is 2. The normalized spacial score (nSPS) is 10.3. The number of anilines is 1. The summed E-state index contributed by atoms with van der Waals surface area (Å²) < 4.78 is 1.86. The van der Waals surface area contributed by atoms with Gasteiger partial charge < -0.3 is 9.88 Å². The monoisotopic (exact) mass is 263 g/mol. The maximum absolute atomic E-state index is 11.7. The van der Waals surface area contributed by atoms with Crippen LogP contribution in [0.3, 0.4) is 0 Å². The molecule has 0 atom stereocenters. The van der Waals surface area contributed by atoms with Gasteiger partial charge in [-0.1, -0.05) is 17.7 Å². The fourth-order valence-electron chi connectivity index (χ4n) is 1.54. The molecule has 0 spiro atoms. The molecule has 1 N–H and O–H groups in total. The highest BCUT2D eigenvalue weighted by atomic mass is 35.5. The Hall–Kier alpha value is -1.81. The molecule has 5 heteroatoms. The Morgan fingerprint density at radius 2 is 2.33 bits per heavy atom. The molecule has 0 saturated heterocycles. The van der Waals surface area contributed by atoms with E-state index < -0.39 is 0 Å². The quantitative estimate of drug-likeness (QED) is 0.922. The van der Waals surface area contributed by atoms with E-state index in [9.17, 15) is 4.79 Å². The summed E-state index contributed by atoms with van der Waals surface area (Å²) in [4.78, 5) is 15.6. The Kier molecular flexibility index (Phi) is 3.99. The Labute approximate surface area is 111 Å². The van der Waals surface area contributed by atoms with Gasteiger partial charge >= 0.3 is 0 Å². The fourth-order valence-corrected chi connectivity index (χ4v) is 1.72. The number of imidazole rings is 1. The third kappa shape index (κ3) is 3.34. The van der Waals surface area contributed by atoms with Crippen molar-refractivity contribution in [2.24, 2.45) is 0 Å². The minimum absolute atomic E-state index is 0.0383. The van der Waals surface area contributed by atoms with Crippen molar-refractivity contribution in [1.82, 2.24) is 9.55 Å². The van der Waals surface area contributed by atoms with Crippen LogP contribution in [0.4, 0.5) is 5.69 Å². The van der Waals surface area contributed by atoms with Crippen molar-refractivity contribution in [2.45, 2.75) is 19.9 Å². The summed E-state index contributed by atoms with van der Waals surface area (Å²) in [5, 5.41) is 3.47. The lowest BCUT2D eigenvalue weighted by Gasteiger charge is -2.07. The number of amides is 1. The highest BCUT2D eigenvalue weighted by Crippen LogP contribution is 2.19. The van der Waals surface area contributed by atoms with E-state index in [2.05, 4.69) is 10.3 Å². The molecule has 1 amide bonds. The van der Waals surface area contributed by atoms with Crippen molar-refractivity contribution in [3.05, 3.63) is 47.5 Å². The van der Waals surface area contributed by atoms with Gasteiger partial charge in [0, 0.05) is 36.1 Å². The van der Waals surface area contributed by atoms with Crippen LogP contribution in [-0.4, -0.2) is 15.5 Å². The molecule has 0 bridgehead atoms. The van der Waals surface area contributed by atoms with Crippen molar-refractivity contribution in [3.63, 3.8) is 0 Å². The van der Waals surface area contributed by atoms with Crippen LogP contribution in [0.5, 0.6) is 0 Å². The molecule has 0 saturated carbocycles. The van der Waals surface area contributed by atoms with Crippen LogP contribution in [0, 0.1) is 6.92 Å². The zero-order valence-corrected chi connectivity index (χ0v) is 10.8. The van der Waals surface area contributed by atoms with Crippen molar-refractivity contribution in [3.8, 4) is 0 Å². The summed E-state index contributed by atoms with van der Waals surface area (Å²) in [6, 6.07) is 5.48. The summed E-state index contributed by atoms with van der Waals surface area (Å²) in [5.41, 5.74) is 1.72. The second kappa shape index (κ2) is 5.69. The number of benzene rings is 1. The number of aryl methyl sites for hydroxylation is 2. The van der Waals surface area contributed by atoms with Crippen molar-refractivity contribution in [1.29, 1.82) is 0 Å². The van der Waals surface area contributed by atoms with Crippen LogP contribution >= 0.6 is 11.6 Å². The third-order valence-corrected chi connectivity index (χ3v) is 3.02. The van der Waals surface area contributed by atoms with Gasteiger partial charge in [0.25, 0.3) is 0 Å². The van der Waals surface area contributed by atoms with E-state index >= 15 is 0 Å². The van der Waals surface area contributed by atoms with E-state index in [0.29, 0.717) is 18.0 Å². The molecule has 0 aliphatic carbocycles. The fraction of sp³-hybridized carbons (Fsp3) is 0.231. The number of rotatable bonds is 4. The highest BCUT2D eigenvalue weighted by Gasteiger charge is 2.04. The summed E-state index contributed by atoms with van der Waals surface area (Å²) in [6.07, 6.45) is 5.62. The van der Waals surface area contributed by atoms with E-state index in [4.69, 9.17) is 11.6 Å². The van der Waals surface area contributed by atoms with E-state index in [1.807, 2.05) is 29.8 Å². The molecule has 2 rings (SSSR count). The van der Waals surface area contributed by atoms with Crippen LogP contribution in [0.2, 0.25) is 5.02 Å². The average molecular weight is 264 g/mol. The number of nitrogens with one attached hydrogen (secondary N) is 1. The Balaban J connectivity index is 1.88. The van der Waals surface area contributed by atoms with Crippen LogP contribution in [0.15, 0.2) is 36.9 Å². The predicted octanol–water partition coefficient (Wildman–Crippen LogP) is 2.87. The summed E-state index contributed by atoms with van der Waals surface area (Å²) in [6.45, 7) is 2.54. The van der Waals surface area contributed by atoms with Crippen LogP contribution in [-0.2, 0) is 11.3 Å². The maximum Gasteiger partial charge on any atom is 0.226 e. The number of carbonyl (C=O) groups is 1. The standard InChI is InChI=1S/C13H14ClN3O/c1-10-2-3-11(8-12(10)14)16-13(18)4-6-17-7-5-15-9-17/h2-3,5,7-9H,4,6H2,1H3,(H,16,18). The lowest BCUT2D eigenvalue weighted by atomic mass is 10.2. The Morgan fingerprint density at radius 1 is 1.50 bits per heavy atom. The van der Waals surface area contributed by atoms with Gasteiger partial charge in [0.2, 0.25) is 5.91 Å². The largest absolute Gasteiger partial charge is 0.337 e. The summed E-state index contributed by atoms with van der Waals surface area (Å²) in [5.74, 6) is -0.0383. The molecule has 0 radical (unpaired) electrons. The first-order valence-corrected chi connectivity index (χ1v) is 6.05. The molecule has 0 aliphatic heterocycles. The number of aromatic nitrogens is 2. The first kappa shape index (κ1) is 12.6. The van der Waals surface area contributed by atoms with Crippen molar-refractivity contribution >= 4 is 23.2 Å². The van der Waals surface area contributed by atoms with Crippen LogP contribution in [0.1, 0.15) is 12.0 Å². The summed E-state index contributed by atoms with van der Waals surface area (Å²) in [7, 11) is 0. The van der Waals surface area contributed by atoms with Gasteiger partial charge in [-0.05, 0) is 24.6 Å². The zero-order chi connectivity index (χ0) is 13.0. The highest BCUT2D eigenvalue weighted by molar-refractivity contribution is 6.31. The molecule has 1 aromatic carbocycles. The lowest BCUT2D eigenvalue weighted by Crippen LogP contribution is -2.14. The smallest absolute Gasteiger partial charge is 0.226 e. The van der Waals surface area contributed by atoms with E-state index in [-0.39, 0.29) is 5.91 Å². The molecule has 2 aromatic rings. The van der Waals surface area contributed by atoms with Gasteiger partial charge in [0.15, 0.2) is 0 Å². The minimum Gasteiger partial charge on any atom is -0.337 e. The van der Waals surface area contributed by atoms with Gasteiger partial charge in [0.1, 0.15) is 0 Å².